The molecule has 1 N–H and O–H groups in total. The van der Waals surface area contributed by atoms with Crippen LogP contribution < -0.4 is 19.9 Å². The van der Waals surface area contributed by atoms with Crippen molar-refractivity contribution in [1.29, 1.82) is 0 Å². The largest absolute Gasteiger partial charge is 0.573 e. The van der Waals surface area contributed by atoms with Crippen LogP contribution in [0.4, 0.5) is 35.3 Å². The Kier molecular flexibility index (Phi) is 6.75. The van der Waals surface area contributed by atoms with Crippen LogP contribution in [0, 0.1) is 0 Å². The topological polar surface area (TPSA) is 73.8 Å². The molecule has 2 fully saturated rings. The van der Waals surface area contributed by atoms with Gasteiger partial charge in [0.1, 0.15) is 0 Å². The van der Waals surface area contributed by atoms with Gasteiger partial charge >= 0.3 is 12.4 Å². The number of carbonyl (C=O) groups is 1. The number of para-hydroxylation sites is 2. The van der Waals surface area contributed by atoms with E-state index >= 15 is 0 Å². The van der Waals surface area contributed by atoms with Crippen molar-refractivity contribution in [3.8, 4) is 5.75 Å². The molecule has 1 unspecified atom stereocenters. The molecule has 0 radical (unpaired) electrons. The first-order valence-corrected chi connectivity index (χ1v) is 11.1. The normalized spacial score (nSPS) is 19.4. The van der Waals surface area contributed by atoms with Crippen molar-refractivity contribution >= 4 is 23.4 Å². The number of hydrogen-bond donors (Lipinski definition) is 1. The molecule has 1 aromatic carbocycles. The first-order valence-electron chi connectivity index (χ1n) is 11.1. The molecule has 2 aliphatic rings. The lowest BCUT2D eigenvalue weighted by Crippen LogP contribution is -2.50. The fourth-order valence-corrected chi connectivity index (χ4v) is 4.19. The second-order valence-electron chi connectivity index (χ2n) is 8.24. The molecule has 3 heterocycles. The number of alkyl halides is 3. The van der Waals surface area contributed by atoms with Crippen molar-refractivity contribution in [2.24, 2.45) is 0 Å². The summed E-state index contributed by atoms with van der Waals surface area (Å²) >= 11 is 0. The molecule has 2 saturated heterocycles. The Morgan fingerprint density at radius 1 is 1.00 bits per heavy atom. The second-order valence-corrected chi connectivity index (χ2v) is 8.24. The maximum Gasteiger partial charge on any atom is 0.573 e. The average molecular weight is 464 g/mol. The van der Waals surface area contributed by atoms with Crippen LogP contribution in [0.3, 0.4) is 0 Å². The SMILES string of the molecule is CC1CCCCN1c1ccc(N2CCN(C(=O)Nc3ccccc3OC(F)(F)F)CC2)nn1. The van der Waals surface area contributed by atoms with E-state index in [9.17, 15) is 18.0 Å². The second kappa shape index (κ2) is 9.72. The summed E-state index contributed by atoms with van der Waals surface area (Å²) in [5.41, 5.74) is -0.0318. The summed E-state index contributed by atoms with van der Waals surface area (Å²) in [6.07, 6.45) is -1.29. The molecule has 0 saturated carbocycles. The van der Waals surface area contributed by atoms with Gasteiger partial charge in [-0.3, -0.25) is 0 Å². The van der Waals surface area contributed by atoms with Gasteiger partial charge in [0.25, 0.3) is 0 Å². The Morgan fingerprint density at radius 3 is 2.36 bits per heavy atom. The number of urea groups is 1. The van der Waals surface area contributed by atoms with Gasteiger partial charge in [-0.15, -0.1) is 23.4 Å². The number of carbonyl (C=O) groups excluding carboxylic acids is 1. The molecule has 0 spiro atoms. The van der Waals surface area contributed by atoms with Gasteiger partial charge in [0, 0.05) is 38.8 Å². The molecule has 4 rings (SSSR count). The minimum atomic E-state index is -4.84. The molecule has 1 aromatic heterocycles. The molecular formula is C22H27F3N6O2. The van der Waals surface area contributed by atoms with Crippen molar-refractivity contribution in [2.75, 3.05) is 47.8 Å². The fraction of sp³-hybridized carbons (Fsp3) is 0.500. The lowest BCUT2D eigenvalue weighted by molar-refractivity contribution is -0.274. The number of nitrogens with zero attached hydrogens (tertiary/aromatic N) is 5. The number of hydrogen-bond acceptors (Lipinski definition) is 6. The first-order chi connectivity index (χ1) is 15.8. The Labute approximate surface area is 190 Å². The highest BCUT2D eigenvalue weighted by molar-refractivity contribution is 5.91. The quantitative estimate of drug-likeness (QED) is 0.734. The van der Waals surface area contributed by atoms with Crippen molar-refractivity contribution in [1.82, 2.24) is 15.1 Å². The van der Waals surface area contributed by atoms with E-state index in [1.165, 1.54) is 24.6 Å². The van der Waals surface area contributed by atoms with Crippen LogP contribution in [0.2, 0.25) is 0 Å². The van der Waals surface area contributed by atoms with E-state index in [4.69, 9.17) is 0 Å². The van der Waals surface area contributed by atoms with Gasteiger partial charge in [0.05, 0.1) is 5.69 Å². The van der Waals surface area contributed by atoms with E-state index < -0.39 is 18.1 Å². The van der Waals surface area contributed by atoms with E-state index in [-0.39, 0.29) is 5.69 Å². The van der Waals surface area contributed by atoms with Crippen LogP contribution >= 0.6 is 0 Å². The zero-order chi connectivity index (χ0) is 23.4. The number of aromatic nitrogens is 2. The number of nitrogens with one attached hydrogen (secondary N) is 1. The summed E-state index contributed by atoms with van der Waals surface area (Å²) in [5, 5.41) is 11.3. The van der Waals surface area contributed by atoms with Gasteiger partial charge < -0.3 is 24.8 Å². The monoisotopic (exact) mass is 464 g/mol. The average Bonchev–Trinajstić information content (AvgIpc) is 2.80. The maximum absolute atomic E-state index is 12.6. The number of piperazine rings is 1. The lowest BCUT2D eigenvalue weighted by atomic mass is 10.0. The predicted molar refractivity (Wildman–Crippen MR) is 119 cm³/mol. The smallest absolute Gasteiger partial charge is 0.404 e. The summed E-state index contributed by atoms with van der Waals surface area (Å²) in [5.74, 6) is 1.17. The van der Waals surface area contributed by atoms with Crippen LogP contribution in [-0.2, 0) is 0 Å². The Hall–Kier alpha value is -3.24. The minimum absolute atomic E-state index is 0.0318. The number of rotatable bonds is 4. The highest BCUT2D eigenvalue weighted by Gasteiger charge is 2.32. The molecule has 0 bridgehead atoms. The third kappa shape index (κ3) is 5.77. The summed E-state index contributed by atoms with van der Waals surface area (Å²) in [6.45, 7) is 5.08. The number of benzene rings is 1. The molecule has 2 amide bonds. The van der Waals surface area contributed by atoms with E-state index in [2.05, 4.69) is 32.1 Å². The number of piperidine rings is 1. The van der Waals surface area contributed by atoms with Gasteiger partial charge in [0.2, 0.25) is 0 Å². The number of amides is 2. The minimum Gasteiger partial charge on any atom is -0.404 e. The zero-order valence-corrected chi connectivity index (χ0v) is 18.4. The summed E-state index contributed by atoms with van der Waals surface area (Å²) in [7, 11) is 0. The first kappa shape index (κ1) is 22.9. The maximum atomic E-state index is 12.6. The number of anilines is 3. The molecule has 0 aliphatic carbocycles. The molecule has 8 nitrogen and oxygen atoms in total. The highest BCUT2D eigenvalue weighted by atomic mass is 19.4. The van der Waals surface area contributed by atoms with Crippen molar-refractivity contribution in [3.05, 3.63) is 36.4 Å². The third-order valence-electron chi connectivity index (χ3n) is 5.98. The van der Waals surface area contributed by atoms with Crippen molar-refractivity contribution < 1.29 is 22.7 Å². The Balaban J connectivity index is 1.32. The zero-order valence-electron chi connectivity index (χ0n) is 18.4. The van der Waals surface area contributed by atoms with Crippen molar-refractivity contribution in [2.45, 2.75) is 38.6 Å². The highest BCUT2D eigenvalue weighted by Crippen LogP contribution is 2.30. The molecule has 2 aliphatic heterocycles. The van der Waals surface area contributed by atoms with Crippen molar-refractivity contribution in [3.63, 3.8) is 0 Å². The molecule has 11 heteroatoms. The Morgan fingerprint density at radius 2 is 1.70 bits per heavy atom. The third-order valence-corrected chi connectivity index (χ3v) is 5.98. The van der Waals surface area contributed by atoms with Crippen LogP contribution in [-0.4, -0.2) is 66.3 Å². The molecule has 33 heavy (non-hydrogen) atoms. The van der Waals surface area contributed by atoms with Crippen LogP contribution in [0.25, 0.3) is 0 Å². The van der Waals surface area contributed by atoms with E-state index in [1.54, 1.807) is 4.90 Å². The molecule has 1 atom stereocenters. The number of halogens is 3. The Bertz CT molecular complexity index is 948. The standard InChI is InChI=1S/C22H27F3N6O2/c1-16-6-4-5-11-31(16)20-10-9-19(27-28-20)29-12-14-30(15-13-29)21(32)26-17-7-2-3-8-18(17)33-22(23,24)25/h2-3,7-10,16H,4-6,11-15H2,1H3,(H,26,32). The molecule has 2 aromatic rings. The van der Waals surface area contributed by atoms with Gasteiger partial charge in [-0.1, -0.05) is 12.1 Å². The van der Waals surface area contributed by atoms with Gasteiger partial charge in [-0.25, -0.2) is 4.79 Å². The van der Waals surface area contributed by atoms with Gasteiger partial charge in [-0.2, -0.15) is 0 Å². The summed E-state index contributed by atoms with van der Waals surface area (Å²) in [4.78, 5) is 18.5. The predicted octanol–water partition coefficient (Wildman–Crippen LogP) is 4.11. The molecular weight excluding hydrogens is 437 g/mol. The molecule has 178 valence electrons. The van der Waals surface area contributed by atoms with Crippen LogP contribution in [0.1, 0.15) is 26.2 Å². The summed E-state index contributed by atoms with van der Waals surface area (Å²) in [6, 6.07) is 9.38. The van der Waals surface area contributed by atoms with Crippen LogP contribution in [0.15, 0.2) is 36.4 Å². The number of ether oxygens (including phenoxy) is 1. The van der Waals surface area contributed by atoms with E-state index in [0.29, 0.717) is 32.2 Å². The van der Waals surface area contributed by atoms with E-state index in [0.717, 1.165) is 37.1 Å². The van der Waals surface area contributed by atoms with E-state index in [1.807, 2.05) is 17.0 Å². The van der Waals surface area contributed by atoms with Crippen LogP contribution in [0.5, 0.6) is 5.75 Å². The van der Waals surface area contributed by atoms with Gasteiger partial charge in [0.15, 0.2) is 17.4 Å². The fourth-order valence-electron chi connectivity index (χ4n) is 4.19. The lowest BCUT2D eigenvalue weighted by Gasteiger charge is -2.36. The van der Waals surface area contributed by atoms with Gasteiger partial charge in [-0.05, 0) is 50.5 Å². The summed E-state index contributed by atoms with van der Waals surface area (Å²) < 4.78 is 41.8.